The molecule has 0 aliphatic carbocycles. The molecule has 8 nitrogen and oxygen atoms in total. The van der Waals surface area contributed by atoms with Crippen molar-refractivity contribution in [2.75, 3.05) is 40.5 Å². The van der Waals surface area contributed by atoms with Crippen LogP contribution in [0.5, 0.6) is 5.88 Å². The molecule has 2 saturated heterocycles. The molecule has 1 amide bonds. The molecule has 1 spiro atoms. The standard InChI is InChI=1S/C17H25N3O3.C2HF3O2/c1-22-11-14-15(21)19-12-17(14)5-8-20(9-6-17)10-13-4-3-7-18-16(13)23-2;3-2(4,5)1(6)7/h3-4,7,14H,5-6,8-12H2,1-2H3,(H,19,21);(H,6,7). The number of aliphatic carboxylic acids is 1. The van der Waals surface area contributed by atoms with Crippen molar-refractivity contribution in [1.82, 2.24) is 15.2 Å². The molecule has 0 saturated carbocycles. The first-order chi connectivity index (χ1) is 14.1. The van der Waals surface area contributed by atoms with Gasteiger partial charge in [0.05, 0.1) is 19.6 Å². The summed E-state index contributed by atoms with van der Waals surface area (Å²) in [7, 11) is 3.32. The third-order valence-corrected chi connectivity index (χ3v) is 5.54. The number of likely N-dealkylation sites (tertiary alicyclic amines) is 1. The minimum atomic E-state index is -5.08. The van der Waals surface area contributed by atoms with E-state index in [-0.39, 0.29) is 17.2 Å². The van der Waals surface area contributed by atoms with Crippen molar-refractivity contribution in [3.63, 3.8) is 0 Å². The lowest BCUT2D eigenvalue weighted by Crippen LogP contribution is -2.45. The van der Waals surface area contributed by atoms with Gasteiger partial charge in [0, 0.05) is 37.4 Å². The van der Waals surface area contributed by atoms with Crippen LogP contribution in [0.25, 0.3) is 0 Å². The number of hydrogen-bond acceptors (Lipinski definition) is 6. The van der Waals surface area contributed by atoms with E-state index in [4.69, 9.17) is 19.4 Å². The Hall–Kier alpha value is -2.40. The number of aromatic nitrogens is 1. The minimum absolute atomic E-state index is 0.0115. The van der Waals surface area contributed by atoms with Gasteiger partial charge in [-0.3, -0.25) is 9.69 Å². The van der Waals surface area contributed by atoms with E-state index in [1.807, 2.05) is 6.07 Å². The highest BCUT2D eigenvalue weighted by molar-refractivity contribution is 5.82. The summed E-state index contributed by atoms with van der Waals surface area (Å²) in [5.41, 5.74) is 1.17. The fourth-order valence-corrected chi connectivity index (χ4v) is 3.86. The van der Waals surface area contributed by atoms with E-state index in [1.54, 1.807) is 20.4 Å². The molecule has 1 aromatic heterocycles. The Labute approximate surface area is 172 Å². The molecule has 0 aromatic carbocycles. The first kappa shape index (κ1) is 23.9. The van der Waals surface area contributed by atoms with Crippen LogP contribution in [-0.4, -0.2) is 73.5 Å². The summed E-state index contributed by atoms with van der Waals surface area (Å²) >= 11 is 0. The summed E-state index contributed by atoms with van der Waals surface area (Å²) < 4.78 is 42.3. The smallest absolute Gasteiger partial charge is 0.481 e. The van der Waals surface area contributed by atoms with Crippen molar-refractivity contribution in [1.29, 1.82) is 0 Å². The van der Waals surface area contributed by atoms with Crippen LogP contribution in [0.1, 0.15) is 18.4 Å². The van der Waals surface area contributed by atoms with Crippen LogP contribution in [-0.2, 0) is 20.9 Å². The Balaban J connectivity index is 0.000000396. The van der Waals surface area contributed by atoms with Crippen LogP contribution in [0.15, 0.2) is 18.3 Å². The average molecular weight is 433 g/mol. The number of rotatable bonds is 5. The molecule has 30 heavy (non-hydrogen) atoms. The van der Waals surface area contributed by atoms with E-state index in [1.165, 1.54) is 0 Å². The number of halogens is 3. The van der Waals surface area contributed by atoms with Gasteiger partial charge in [-0.15, -0.1) is 0 Å². The van der Waals surface area contributed by atoms with E-state index in [0.29, 0.717) is 12.5 Å². The number of methoxy groups -OCH3 is 2. The van der Waals surface area contributed by atoms with E-state index < -0.39 is 12.1 Å². The summed E-state index contributed by atoms with van der Waals surface area (Å²) in [4.78, 5) is 27.6. The highest BCUT2D eigenvalue weighted by Gasteiger charge is 2.49. The second-order valence-electron chi connectivity index (χ2n) is 7.34. The Morgan fingerprint density at radius 1 is 1.37 bits per heavy atom. The SMILES string of the molecule is COCC1C(=O)NCC12CCN(Cc1cccnc1OC)CC2.O=C(O)C(F)(F)F. The monoisotopic (exact) mass is 433 g/mol. The van der Waals surface area contributed by atoms with Crippen LogP contribution in [0, 0.1) is 11.3 Å². The summed E-state index contributed by atoms with van der Waals surface area (Å²) in [6.07, 6.45) is -1.30. The number of carboxylic acids is 1. The quantitative estimate of drug-likeness (QED) is 0.729. The van der Waals surface area contributed by atoms with Gasteiger partial charge in [0.2, 0.25) is 11.8 Å². The number of carboxylic acid groups (broad SMARTS) is 1. The molecule has 11 heteroatoms. The van der Waals surface area contributed by atoms with Gasteiger partial charge in [0.25, 0.3) is 0 Å². The number of carbonyl (C=O) groups excluding carboxylic acids is 1. The van der Waals surface area contributed by atoms with Crippen molar-refractivity contribution in [2.45, 2.75) is 25.6 Å². The van der Waals surface area contributed by atoms with Gasteiger partial charge in [-0.05, 0) is 32.0 Å². The third kappa shape index (κ3) is 5.82. The molecule has 2 aliphatic rings. The number of pyridine rings is 1. The fraction of sp³-hybridized carbons (Fsp3) is 0.632. The van der Waals surface area contributed by atoms with Crippen LogP contribution in [0.3, 0.4) is 0 Å². The molecule has 2 N–H and O–H groups in total. The van der Waals surface area contributed by atoms with Crippen LogP contribution in [0.2, 0.25) is 0 Å². The zero-order valence-corrected chi connectivity index (χ0v) is 16.9. The van der Waals surface area contributed by atoms with E-state index in [2.05, 4.69) is 21.3 Å². The lowest BCUT2D eigenvalue weighted by Gasteiger charge is -2.41. The van der Waals surface area contributed by atoms with Gasteiger partial charge in [0.15, 0.2) is 0 Å². The summed E-state index contributed by atoms with van der Waals surface area (Å²) in [5.74, 6) is -1.92. The number of carbonyl (C=O) groups is 2. The Morgan fingerprint density at radius 3 is 2.53 bits per heavy atom. The van der Waals surface area contributed by atoms with Crippen LogP contribution < -0.4 is 10.1 Å². The zero-order chi connectivity index (χ0) is 22.4. The molecule has 1 unspecified atom stereocenters. The molecular formula is C19H26F3N3O5. The van der Waals surface area contributed by atoms with Crippen molar-refractivity contribution < 1.29 is 37.3 Å². The maximum atomic E-state index is 12.1. The Kier molecular flexibility index (Phi) is 8.02. The third-order valence-electron chi connectivity index (χ3n) is 5.54. The predicted molar refractivity (Wildman–Crippen MR) is 99.8 cm³/mol. The number of nitrogens with one attached hydrogen (secondary N) is 1. The topological polar surface area (TPSA) is 101 Å². The van der Waals surface area contributed by atoms with Gasteiger partial charge in [-0.25, -0.2) is 9.78 Å². The maximum Gasteiger partial charge on any atom is 0.490 e. The lowest BCUT2D eigenvalue weighted by atomic mass is 9.71. The van der Waals surface area contributed by atoms with Crippen molar-refractivity contribution in [3.05, 3.63) is 23.9 Å². The number of hydrogen-bond donors (Lipinski definition) is 2. The molecule has 0 bridgehead atoms. The van der Waals surface area contributed by atoms with Gasteiger partial charge in [0.1, 0.15) is 0 Å². The van der Waals surface area contributed by atoms with Crippen LogP contribution >= 0.6 is 0 Å². The Morgan fingerprint density at radius 2 is 2.00 bits per heavy atom. The predicted octanol–water partition coefficient (Wildman–Crippen LogP) is 1.70. The molecule has 168 valence electrons. The van der Waals surface area contributed by atoms with Gasteiger partial charge >= 0.3 is 12.1 Å². The van der Waals surface area contributed by atoms with E-state index in [0.717, 1.165) is 44.6 Å². The molecule has 3 heterocycles. The highest BCUT2D eigenvalue weighted by atomic mass is 19.4. The molecule has 2 aliphatic heterocycles. The maximum absolute atomic E-state index is 12.1. The minimum Gasteiger partial charge on any atom is -0.481 e. The van der Waals surface area contributed by atoms with Crippen molar-refractivity contribution in [2.24, 2.45) is 11.3 Å². The van der Waals surface area contributed by atoms with Gasteiger partial charge in [-0.2, -0.15) is 13.2 Å². The summed E-state index contributed by atoms with van der Waals surface area (Å²) in [5, 5.41) is 10.2. The summed E-state index contributed by atoms with van der Waals surface area (Å²) in [6, 6.07) is 4.00. The highest BCUT2D eigenvalue weighted by Crippen LogP contribution is 2.42. The molecule has 1 aromatic rings. The van der Waals surface area contributed by atoms with E-state index in [9.17, 15) is 18.0 Å². The number of nitrogens with zero attached hydrogens (tertiary/aromatic N) is 2. The fourth-order valence-electron chi connectivity index (χ4n) is 3.86. The normalized spacial score (nSPS) is 21.0. The first-order valence-electron chi connectivity index (χ1n) is 9.40. The largest absolute Gasteiger partial charge is 0.490 e. The summed E-state index contributed by atoms with van der Waals surface area (Å²) in [6.45, 7) is 4.09. The number of ether oxygens (including phenoxy) is 2. The van der Waals surface area contributed by atoms with Gasteiger partial charge < -0.3 is 19.9 Å². The Bertz CT molecular complexity index is 736. The number of piperidine rings is 1. The number of alkyl halides is 3. The molecule has 1 atom stereocenters. The lowest BCUT2D eigenvalue weighted by molar-refractivity contribution is -0.192. The molecular weight excluding hydrogens is 407 g/mol. The van der Waals surface area contributed by atoms with E-state index >= 15 is 0 Å². The molecule has 3 rings (SSSR count). The average Bonchev–Trinajstić information content (AvgIpc) is 3.00. The molecule has 0 radical (unpaired) electrons. The first-order valence-corrected chi connectivity index (χ1v) is 9.40. The number of amides is 1. The zero-order valence-electron chi connectivity index (χ0n) is 16.9. The second kappa shape index (κ2) is 10.1. The van der Waals surface area contributed by atoms with Crippen LogP contribution in [0.4, 0.5) is 13.2 Å². The molecule has 2 fully saturated rings. The van der Waals surface area contributed by atoms with Crippen molar-refractivity contribution >= 4 is 11.9 Å². The van der Waals surface area contributed by atoms with Crippen molar-refractivity contribution in [3.8, 4) is 5.88 Å². The van der Waals surface area contributed by atoms with Gasteiger partial charge in [-0.1, -0.05) is 6.07 Å². The second-order valence-corrected chi connectivity index (χ2v) is 7.34.